The molecule has 294 valence electrons. The smallest absolute Gasteiger partial charge is 0.753 e. The quantitative estimate of drug-likeness (QED) is 0.0372. The van der Waals surface area contributed by atoms with Crippen molar-refractivity contribution in [2.24, 2.45) is 0 Å². The van der Waals surface area contributed by atoms with Gasteiger partial charge < -0.3 is 10.8 Å². The second-order valence-electron chi connectivity index (χ2n) is 12.1. The standard InChI is InChI=1S/2C20H27N3O.2CNS.Fe/c2*1-2-3-4-5-6-7-8-15-20(24)23(18-13-9-11-16-21-18)19-14-10-12-17-22-19;2*2-1-3;/h2*9-14,16-17H,2-8,15H2,1H3;;;/q;;2*-1;+2. The van der Waals surface area contributed by atoms with E-state index >= 15 is 0 Å². The molecule has 0 saturated heterocycles. The van der Waals surface area contributed by atoms with Crippen molar-refractivity contribution in [3.05, 3.63) is 108 Å². The molecular formula is C42H54FeN8O2S2. The average molecular weight is 823 g/mol. The van der Waals surface area contributed by atoms with E-state index in [1.165, 1.54) is 74.5 Å². The average Bonchev–Trinajstić information content (AvgIpc) is 3.20. The first-order chi connectivity index (χ1) is 26.5. The molecule has 0 aromatic carbocycles. The Hall–Kier alpha value is -4.34. The molecule has 0 N–H and O–H groups in total. The molecule has 4 heterocycles. The Balaban J connectivity index is 0.000000913. The van der Waals surface area contributed by atoms with E-state index in [1.807, 2.05) is 72.8 Å². The summed E-state index contributed by atoms with van der Waals surface area (Å²) in [6.07, 6.45) is 24.6. The molecule has 10 nitrogen and oxygen atoms in total. The fraction of sp³-hybridized carbons (Fsp3) is 0.429. The second-order valence-corrected chi connectivity index (χ2v) is 12.5. The minimum Gasteiger partial charge on any atom is -0.753 e. The van der Waals surface area contributed by atoms with Crippen LogP contribution in [0.5, 0.6) is 0 Å². The van der Waals surface area contributed by atoms with Crippen LogP contribution in [0.3, 0.4) is 0 Å². The number of carbonyl (C=O) groups is 2. The summed E-state index contributed by atoms with van der Waals surface area (Å²) < 4.78 is 0. The van der Waals surface area contributed by atoms with Crippen LogP contribution in [0.15, 0.2) is 97.6 Å². The van der Waals surface area contributed by atoms with Gasteiger partial charge in [-0.25, -0.2) is 29.7 Å². The van der Waals surface area contributed by atoms with Gasteiger partial charge in [-0.1, -0.05) is 140 Å². The third-order valence-corrected chi connectivity index (χ3v) is 8.00. The Morgan fingerprint density at radius 3 is 0.945 bits per heavy atom. The van der Waals surface area contributed by atoms with Crippen molar-refractivity contribution in [3.63, 3.8) is 0 Å². The van der Waals surface area contributed by atoms with Crippen LogP contribution in [0, 0.1) is 0 Å². The Bertz CT molecular complexity index is 1400. The molecule has 2 amide bonds. The largest absolute Gasteiger partial charge is 2.00 e. The summed E-state index contributed by atoms with van der Waals surface area (Å²) in [6, 6.07) is 22.3. The summed E-state index contributed by atoms with van der Waals surface area (Å²) in [5.74, 6) is 2.63. The summed E-state index contributed by atoms with van der Waals surface area (Å²) >= 11 is 7.40. The molecule has 0 unspecified atom stereocenters. The third kappa shape index (κ3) is 23.2. The van der Waals surface area contributed by atoms with E-state index in [-0.39, 0.29) is 28.9 Å². The number of amides is 2. The summed E-state index contributed by atoms with van der Waals surface area (Å²) in [6.45, 7) is 4.45. The molecule has 13 heteroatoms. The predicted molar refractivity (Wildman–Crippen MR) is 228 cm³/mol. The van der Waals surface area contributed by atoms with Crippen molar-refractivity contribution < 1.29 is 26.7 Å². The summed E-state index contributed by atoms with van der Waals surface area (Å²) in [7, 11) is 0. The minimum atomic E-state index is 0. The number of thiocarbonyl (C=S) groups is 2. The summed E-state index contributed by atoms with van der Waals surface area (Å²) in [4.78, 5) is 46.0. The molecule has 55 heavy (non-hydrogen) atoms. The molecule has 0 bridgehead atoms. The Kier molecular flexibility index (Phi) is 32.6. The van der Waals surface area contributed by atoms with Gasteiger partial charge >= 0.3 is 17.1 Å². The van der Waals surface area contributed by atoms with Crippen molar-refractivity contribution in [2.75, 3.05) is 9.80 Å². The van der Waals surface area contributed by atoms with Crippen molar-refractivity contribution in [3.8, 4) is 0 Å². The molecule has 0 saturated carbocycles. The molecule has 0 fully saturated rings. The molecule has 4 aromatic rings. The molecule has 0 aliphatic heterocycles. The van der Waals surface area contributed by atoms with Gasteiger partial charge in [0.05, 0.1) is 0 Å². The summed E-state index contributed by atoms with van der Waals surface area (Å²) in [5, 5.41) is 16.9. The zero-order valence-electron chi connectivity index (χ0n) is 32.1. The minimum absolute atomic E-state index is 0. The van der Waals surface area contributed by atoms with Crippen LogP contribution in [0.25, 0.3) is 10.8 Å². The van der Waals surface area contributed by atoms with Gasteiger partial charge in [0.15, 0.2) is 0 Å². The molecule has 4 aromatic heterocycles. The monoisotopic (exact) mass is 822 g/mol. The zero-order chi connectivity index (χ0) is 39.5. The topological polar surface area (TPSA) is 137 Å². The van der Waals surface area contributed by atoms with E-state index in [9.17, 15) is 9.59 Å². The molecule has 0 aliphatic rings. The summed E-state index contributed by atoms with van der Waals surface area (Å²) in [5.41, 5.74) is 0. The van der Waals surface area contributed by atoms with Crippen LogP contribution in [-0.2, 0) is 26.7 Å². The first-order valence-electron chi connectivity index (χ1n) is 18.8. The number of aromatic nitrogens is 4. The Morgan fingerprint density at radius 2 is 0.727 bits per heavy atom. The number of unbranched alkanes of at least 4 members (excludes halogenated alkanes) is 12. The molecule has 4 rings (SSSR count). The van der Waals surface area contributed by atoms with Crippen molar-refractivity contribution in [1.29, 1.82) is 0 Å². The Morgan fingerprint density at radius 1 is 0.491 bits per heavy atom. The molecule has 0 radical (unpaired) electrons. The maximum Gasteiger partial charge on any atom is 2.00 e. The SMILES string of the molecule is CCCCCCCCCC(=O)N(c1ccccn1)c1ccccn1.CCCCCCCCCC(=O)N(c1ccccn1)c1ccccn1.[Fe+2].[N-]=C=S.[N-]=C=S. The van der Waals surface area contributed by atoms with Crippen molar-refractivity contribution in [2.45, 2.75) is 117 Å². The van der Waals surface area contributed by atoms with Crippen molar-refractivity contribution >= 4 is 69.8 Å². The molecule has 0 aliphatic carbocycles. The van der Waals surface area contributed by atoms with Gasteiger partial charge in [0.25, 0.3) is 0 Å². The number of hydrogen-bond donors (Lipinski definition) is 0. The van der Waals surface area contributed by atoms with E-state index in [1.54, 1.807) is 34.6 Å². The number of carbonyl (C=O) groups excluding carboxylic acids is 2. The number of anilines is 4. The maximum absolute atomic E-state index is 12.7. The van der Waals surface area contributed by atoms with Crippen LogP contribution >= 0.6 is 24.4 Å². The van der Waals surface area contributed by atoms with Crippen LogP contribution in [0.2, 0.25) is 0 Å². The number of hydrogen-bond acceptors (Lipinski definition) is 8. The molecule has 0 spiro atoms. The fourth-order valence-corrected chi connectivity index (χ4v) is 5.38. The van der Waals surface area contributed by atoms with Gasteiger partial charge in [0, 0.05) is 37.6 Å². The van der Waals surface area contributed by atoms with E-state index in [4.69, 9.17) is 10.8 Å². The van der Waals surface area contributed by atoms with Gasteiger partial charge in [-0.3, -0.25) is 9.59 Å². The van der Waals surface area contributed by atoms with E-state index in [0.29, 0.717) is 36.1 Å². The predicted octanol–water partition coefficient (Wildman–Crippen LogP) is 11.9. The number of isothiocyanates is 2. The number of rotatable bonds is 20. The van der Waals surface area contributed by atoms with Gasteiger partial charge in [-0.2, -0.15) is 10.3 Å². The fourth-order valence-electron chi connectivity index (χ4n) is 5.38. The van der Waals surface area contributed by atoms with Gasteiger partial charge in [0.2, 0.25) is 11.8 Å². The van der Waals surface area contributed by atoms with Crippen molar-refractivity contribution in [1.82, 2.24) is 19.9 Å². The van der Waals surface area contributed by atoms with Gasteiger partial charge in [0.1, 0.15) is 23.3 Å². The number of pyridine rings is 4. The number of nitrogens with zero attached hydrogens (tertiary/aromatic N) is 8. The first-order valence-corrected chi connectivity index (χ1v) is 19.6. The Labute approximate surface area is 349 Å². The van der Waals surface area contributed by atoms with Crippen LogP contribution in [-0.4, -0.2) is 42.1 Å². The molecular weight excluding hydrogens is 768 g/mol. The van der Waals surface area contributed by atoms with E-state index < -0.39 is 0 Å². The van der Waals surface area contributed by atoms with Crippen LogP contribution < -0.4 is 9.80 Å². The third-order valence-electron chi connectivity index (χ3n) is 8.00. The van der Waals surface area contributed by atoms with Crippen LogP contribution in [0.1, 0.15) is 117 Å². The van der Waals surface area contributed by atoms with E-state index in [2.05, 4.69) is 58.2 Å². The normalized spacial score (nSPS) is 9.49. The maximum atomic E-state index is 12.7. The zero-order valence-corrected chi connectivity index (χ0v) is 34.9. The molecule has 0 atom stereocenters. The second kappa shape index (κ2) is 35.4. The van der Waals surface area contributed by atoms with Gasteiger partial charge in [-0.05, 0) is 61.4 Å². The van der Waals surface area contributed by atoms with Crippen LogP contribution in [0.4, 0.5) is 23.3 Å². The van der Waals surface area contributed by atoms with E-state index in [0.717, 1.165) is 25.7 Å². The van der Waals surface area contributed by atoms with Gasteiger partial charge in [-0.15, -0.1) is 0 Å². The first kappa shape index (κ1) is 50.7.